The van der Waals surface area contributed by atoms with Crippen molar-refractivity contribution in [3.63, 3.8) is 0 Å². The van der Waals surface area contributed by atoms with E-state index in [1.165, 1.54) is 25.7 Å². The van der Waals surface area contributed by atoms with Crippen molar-refractivity contribution in [3.05, 3.63) is 0 Å². The Labute approximate surface area is 398 Å². The first-order valence-electron chi connectivity index (χ1n) is 25.7. The lowest BCUT2D eigenvalue weighted by molar-refractivity contribution is -0.159. The Balaban J connectivity index is 2.44. The highest BCUT2D eigenvalue weighted by Gasteiger charge is 2.58. The van der Waals surface area contributed by atoms with E-state index < -0.39 is 32.8 Å². The third kappa shape index (κ3) is 20.6. The second-order valence-corrected chi connectivity index (χ2v) is 20.2. The molecule has 16 radical (unpaired) electrons. The van der Waals surface area contributed by atoms with Crippen molar-refractivity contribution in [2.75, 3.05) is 26.4 Å². The molecule has 15 heteroatoms. The number of aliphatic hydroxyl groups is 1. The number of esters is 2. The lowest BCUT2D eigenvalue weighted by atomic mass is 9.34. The van der Waals surface area contributed by atoms with Gasteiger partial charge >= 0.3 is 11.9 Å². The number of carbonyl (C=O) groups excluding carboxylic acids is 2. The highest BCUT2D eigenvalue weighted by Crippen LogP contribution is 2.56. The Morgan fingerprint density at radius 3 is 1.11 bits per heavy atom. The fourth-order valence-electron chi connectivity index (χ4n) is 10.9. The number of likely N-dealkylation sites (tertiary alicyclic amines) is 2. The first-order chi connectivity index (χ1) is 29.8. The number of piperidine rings is 2. The van der Waals surface area contributed by atoms with Crippen LogP contribution >= 0.6 is 0 Å². The van der Waals surface area contributed by atoms with Gasteiger partial charge in [-0.05, 0) is 76.2 Å². The van der Waals surface area contributed by atoms with Crippen LogP contribution < -0.4 is 0 Å². The summed E-state index contributed by atoms with van der Waals surface area (Å²) < 4.78 is 12.5. The van der Waals surface area contributed by atoms with Crippen LogP contribution in [-0.2, 0) is 19.1 Å². The van der Waals surface area contributed by atoms with Gasteiger partial charge in [0.15, 0.2) is 0 Å². The molecule has 1 N–H and O–H groups in total. The van der Waals surface area contributed by atoms with Crippen molar-refractivity contribution < 1.29 is 24.2 Å². The maximum Gasteiger partial charge on any atom is 0.308 e. The lowest BCUT2D eigenvalue weighted by Gasteiger charge is -2.70. The summed E-state index contributed by atoms with van der Waals surface area (Å²) in [6, 6.07) is -0.857. The summed E-state index contributed by atoms with van der Waals surface area (Å²) in [5.74, 6) is -1.05. The second-order valence-electron chi connectivity index (χ2n) is 20.2. The Bertz CT molecular complexity index is 1150. The zero-order chi connectivity index (χ0) is 47.0. The predicted molar refractivity (Wildman–Crippen MR) is 269 cm³/mol. The molecule has 63 heavy (non-hydrogen) atoms. The van der Waals surface area contributed by atoms with Gasteiger partial charge in [-0.2, -0.15) is 0 Å². The number of unbranched alkanes of at least 4 members (excludes halogenated alkanes) is 17. The van der Waals surface area contributed by atoms with Crippen LogP contribution in [0.25, 0.3) is 0 Å². The molecule has 2 heterocycles. The number of hydrogen-bond donors (Lipinski definition) is 1. The van der Waals surface area contributed by atoms with E-state index in [2.05, 4.69) is 27.7 Å². The van der Waals surface area contributed by atoms with Gasteiger partial charge in [0.25, 0.3) is 0 Å². The van der Waals surface area contributed by atoms with E-state index in [0.717, 1.165) is 128 Å². The fraction of sp³-hybridized carbons (Fsp3) is 0.958. The quantitative estimate of drug-likeness (QED) is 0.0393. The van der Waals surface area contributed by atoms with Crippen molar-refractivity contribution in [1.29, 1.82) is 0 Å². The summed E-state index contributed by atoms with van der Waals surface area (Å²) in [5, 5.41) is 3.09. The topological polar surface area (TPSA) is 79.3 Å². The number of hydrogen-bond acceptors (Lipinski definition) is 7. The lowest BCUT2D eigenvalue weighted by Crippen LogP contribution is -2.77. The van der Waals surface area contributed by atoms with Crippen LogP contribution in [0.4, 0.5) is 0 Å². The highest BCUT2D eigenvalue weighted by molar-refractivity contribution is 6.46. The predicted octanol–water partition coefficient (Wildman–Crippen LogP) is 8.03. The molecule has 0 aromatic carbocycles. The summed E-state index contributed by atoms with van der Waals surface area (Å²) in [7, 11) is 55.7. The molecule has 7 nitrogen and oxygen atoms in total. The number of ether oxygens (including phenoxy) is 2. The maximum atomic E-state index is 14.1. The van der Waals surface area contributed by atoms with Crippen molar-refractivity contribution in [2.45, 2.75) is 248 Å². The zero-order valence-corrected chi connectivity index (χ0v) is 40.9. The molecule has 1 spiro atoms. The van der Waals surface area contributed by atoms with Gasteiger partial charge in [0.2, 0.25) is 0 Å². The van der Waals surface area contributed by atoms with Crippen LogP contribution in [0.3, 0.4) is 0 Å². The molecule has 340 valence electrons. The van der Waals surface area contributed by atoms with Gasteiger partial charge in [-0.1, -0.05) is 177 Å². The SMILES string of the molecule is [B]C1([B])CC2(CC([B])([B])N1CCCCO)CC([B])([B])N(C(COC(=O)C(CCCCCCC)CCCCCCC)COC(=O)C(CCCCCCC)CCCCCCC)C([B])([B])C2. The number of aliphatic hydroxyl groups excluding tert-OH is 1. The molecule has 0 aliphatic carbocycles. The molecule has 0 aromatic heterocycles. The van der Waals surface area contributed by atoms with Gasteiger partial charge in [0.05, 0.1) is 80.6 Å². The molecule has 0 amide bonds. The third-order valence-corrected chi connectivity index (χ3v) is 13.8. The van der Waals surface area contributed by atoms with Gasteiger partial charge in [0.1, 0.15) is 13.2 Å². The van der Waals surface area contributed by atoms with Gasteiger partial charge < -0.3 is 24.4 Å². The van der Waals surface area contributed by atoms with Crippen molar-refractivity contribution in [1.82, 2.24) is 9.80 Å². The van der Waals surface area contributed by atoms with E-state index in [1.807, 2.05) is 0 Å². The summed E-state index contributed by atoms with van der Waals surface area (Å²) in [6.07, 6.45) is 26.8. The standard InChI is InChI=1S/C48H84B8N2O5/c1-5-9-13-17-21-27-39(28-22-18-14-10-6-2)42(60)62-33-41(34-63-43(61)40(29-23-19-15-11-7-3)30-24-20-16-12-8-4)58-47(53,54)37-44(38-48(58,55)56)35-45(49,50)57(31-25-26-32-59)46(51,52)36-44/h39-41,59H,5-38H2,1-4H3. The largest absolute Gasteiger partial charge is 0.464 e. The number of carbonyl (C=O) groups is 2. The van der Waals surface area contributed by atoms with Crippen molar-refractivity contribution in [3.8, 4) is 0 Å². The van der Waals surface area contributed by atoms with Crippen LogP contribution in [0, 0.1) is 17.3 Å². The molecule has 2 saturated heterocycles. The minimum Gasteiger partial charge on any atom is -0.464 e. The zero-order valence-electron chi connectivity index (χ0n) is 40.9. The van der Waals surface area contributed by atoms with Gasteiger partial charge in [-0.3, -0.25) is 9.59 Å². The summed E-state index contributed by atoms with van der Waals surface area (Å²) in [6.45, 7) is 8.86. The molecule has 2 rings (SSSR count). The monoisotopic (exact) mass is 857 g/mol. The minimum atomic E-state index is -1.70. The van der Waals surface area contributed by atoms with Crippen LogP contribution in [-0.4, -0.2) is 143 Å². The van der Waals surface area contributed by atoms with Gasteiger partial charge in [-0.25, -0.2) is 0 Å². The first-order valence-corrected chi connectivity index (χ1v) is 25.7. The van der Waals surface area contributed by atoms with E-state index in [-0.39, 0.29) is 69.3 Å². The normalized spacial score (nSPS) is 19.2. The molecule has 2 aliphatic heterocycles. The van der Waals surface area contributed by atoms with E-state index in [4.69, 9.17) is 72.2 Å². The number of rotatable bonds is 35. The highest BCUT2D eigenvalue weighted by atomic mass is 16.5. The van der Waals surface area contributed by atoms with E-state index in [0.29, 0.717) is 19.4 Å². The van der Waals surface area contributed by atoms with Gasteiger partial charge in [0, 0.05) is 6.61 Å². The maximum absolute atomic E-state index is 14.1. The molecule has 2 aliphatic rings. The van der Waals surface area contributed by atoms with Gasteiger partial charge in [-0.15, -0.1) is 0 Å². The fourth-order valence-corrected chi connectivity index (χ4v) is 10.9. The van der Waals surface area contributed by atoms with Crippen LogP contribution in [0.1, 0.15) is 220 Å². The van der Waals surface area contributed by atoms with Crippen LogP contribution in [0.5, 0.6) is 0 Å². The molecule has 0 aromatic rings. The third-order valence-electron chi connectivity index (χ3n) is 13.8. The Morgan fingerprint density at radius 1 is 0.476 bits per heavy atom. The van der Waals surface area contributed by atoms with E-state index in [9.17, 15) is 14.7 Å². The van der Waals surface area contributed by atoms with Crippen LogP contribution in [0.15, 0.2) is 0 Å². The Hall–Kier alpha value is -0.661. The molecule has 0 saturated carbocycles. The smallest absolute Gasteiger partial charge is 0.308 e. The average molecular weight is 856 g/mol. The van der Waals surface area contributed by atoms with E-state index >= 15 is 0 Å². The average Bonchev–Trinajstić information content (AvgIpc) is 3.19. The first kappa shape index (κ1) is 58.5. The Morgan fingerprint density at radius 2 is 0.794 bits per heavy atom. The second kappa shape index (κ2) is 30.0. The van der Waals surface area contributed by atoms with Crippen molar-refractivity contribution in [2.24, 2.45) is 17.3 Å². The molecular formula is C48H84B8N2O5. The summed E-state index contributed by atoms with van der Waals surface area (Å²) in [4.78, 5) is 31.4. The molecular weight excluding hydrogens is 771 g/mol. The summed E-state index contributed by atoms with van der Waals surface area (Å²) in [5.41, 5.74) is -0.872. The van der Waals surface area contributed by atoms with Crippen molar-refractivity contribution >= 4 is 74.7 Å². The molecule has 2 fully saturated rings. The van der Waals surface area contributed by atoms with Crippen LogP contribution in [0.2, 0.25) is 0 Å². The molecule has 0 atom stereocenters. The molecule has 0 unspecified atom stereocenters. The minimum absolute atomic E-state index is 0.0208. The Kier molecular flexibility index (Phi) is 27.8. The summed E-state index contributed by atoms with van der Waals surface area (Å²) >= 11 is 0. The molecule has 0 bridgehead atoms. The number of nitrogens with zero attached hydrogens (tertiary/aromatic N) is 2. The van der Waals surface area contributed by atoms with E-state index in [1.54, 1.807) is 9.80 Å².